The molecule has 3 aromatic rings. The molecule has 2 aromatic carbocycles. The van der Waals surface area contributed by atoms with Gasteiger partial charge in [0.1, 0.15) is 6.54 Å². The van der Waals surface area contributed by atoms with E-state index in [9.17, 15) is 14.4 Å². The highest BCUT2D eigenvalue weighted by atomic mass is 16.2. The fourth-order valence-electron chi connectivity index (χ4n) is 4.15. The largest absolute Gasteiger partial charge is 0.339 e. The lowest BCUT2D eigenvalue weighted by Gasteiger charge is -2.35. The van der Waals surface area contributed by atoms with Gasteiger partial charge in [-0.05, 0) is 37.0 Å². The number of fused-ring (bicyclic) bond motifs is 1. The Labute approximate surface area is 187 Å². The Balaban J connectivity index is 1.28. The van der Waals surface area contributed by atoms with Crippen LogP contribution in [0.1, 0.15) is 24.0 Å². The van der Waals surface area contributed by atoms with Crippen molar-refractivity contribution in [3.8, 4) is 0 Å². The number of rotatable bonds is 6. The van der Waals surface area contributed by atoms with Crippen LogP contribution >= 0.6 is 0 Å². The summed E-state index contributed by atoms with van der Waals surface area (Å²) in [6.45, 7) is 3.89. The van der Waals surface area contributed by atoms with Crippen molar-refractivity contribution in [2.24, 2.45) is 0 Å². The molecule has 1 aliphatic rings. The smallest absolute Gasteiger partial charge is 0.261 e. The second kappa shape index (κ2) is 9.77. The predicted molar refractivity (Wildman–Crippen MR) is 123 cm³/mol. The molecule has 7 nitrogen and oxygen atoms in total. The fraction of sp³-hybridized carbons (Fsp3) is 0.360. The number of carbonyl (C=O) groups excluding carboxylic acids is 2. The predicted octanol–water partition coefficient (Wildman–Crippen LogP) is 2.40. The number of benzene rings is 2. The van der Waals surface area contributed by atoms with Crippen molar-refractivity contribution in [1.29, 1.82) is 0 Å². The lowest BCUT2D eigenvalue weighted by atomic mass is 10.1. The van der Waals surface area contributed by atoms with E-state index in [1.807, 2.05) is 42.2 Å². The number of piperazine rings is 1. The molecule has 0 unspecified atom stereocenters. The first-order valence-corrected chi connectivity index (χ1v) is 11.1. The van der Waals surface area contributed by atoms with Gasteiger partial charge in [0.15, 0.2) is 0 Å². The number of aromatic nitrogens is 2. The average Bonchev–Trinajstić information content (AvgIpc) is 2.82. The summed E-state index contributed by atoms with van der Waals surface area (Å²) in [6, 6.07) is 15.6. The summed E-state index contributed by atoms with van der Waals surface area (Å²) >= 11 is 0. The number of para-hydroxylation sites is 1. The number of carbonyl (C=O) groups is 2. The Morgan fingerprint density at radius 1 is 0.906 bits per heavy atom. The van der Waals surface area contributed by atoms with E-state index >= 15 is 0 Å². The van der Waals surface area contributed by atoms with Gasteiger partial charge in [-0.15, -0.1) is 0 Å². The second-order valence-electron chi connectivity index (χ2n) is 8.25. The number of nitrogens with zero attached hydrogens (tertiary/aromatic N) is 4. The molecular weight excluding hydrogens is 404 g/mol. The summed E-state index contributed by atoms with van der Waals surface area (Å²) in [4.78, 5) is 45.9. The van der Waals surface area contributed by atoms with Crippen LogP contribution in [0.25, 0.3) is 10.9 Å². The standard InChI is InChI=1S/C25H28N4O3/c1-19-7-5-11-21-24(19)26-18-29(25(21)32)17-23(31)28-15-13-27(14-16-28)22(30)12-6-10-20-8-3-2-4-9-20/h2-5,7-9,11,18H,6,10,12-17H2,1H3. The molecule has 2 heterocycles. The van der Waals surface area contributed by atoms with E-state index < -0.39 is 0 Å². The first-order valence-electron chi connectivity index (χ1n) is 11.1. The SMILES string of the molecule is Cc1cccc2c(=O)n(CC(=O)N3CCN(C(=O)CCCc4ccccc4)CC3)cnc12. The zero-order valence-corrected chi connectivity index (χ0v) is 18.4. The Bertz CT molecular complexity index is 1160. The van der Waals surface area contributed by atoms with Crippen LogP contribution in [0.4, 0.5) is 0 Å². The molecule has 0 spiro atoms. The monoisotopic (exact) mass is 432 g/mol. The molecule has 7 heteroatoms. The van der Waals surface area contributed by atoms with Gasteiger partial charge in [0.05, 0.1) is 17.2 Å². The number of hydrogen-bond donors (Lipinski definition) is 0. The van der Waals surface area contributed by atoms with Gasteiger partial charge in [-0.3, -0.25) is 19.0 Å². The van der Waals surface area contributed by atoms with Crippen LogP contribution in [0.5, 0.6) is 0 Å². The summed E-state index contributed by atoms with van der Waals surface area (Å²) < 4.78 is 1.37. The Morgan fingerprint density at radius 3 is 2.31 bits per heavy atom. The summed E-state index contributed by atoms with van der Waals surface area (Å²) in [7, 11) is 0. The third-order valence-electron chi connectivity index (χ3n) is 6.04. The van der Waals surface area contributed by atoms with Gasteiger partial charge in [-0.1, -0.05) is 42.5 Å². The van der Waals surface area contributed by atoms with E-state index in [-0.39, 0.29) is 23.9 Å². The third-order valence-corrected chi connectivity index (χ3v) is 6.04. The summed E-state index contributed by atoms with van der Waals surface area (Å²) in [5.41, 5.74) is 2.63. The molecule has 4 rings (SSSR count). The molecule has 0 radical (unpaired) electrons. The molecule has 0 saturated carbocycles. The van der Waals surface area contributed by atoms with Gasteiger partial charge in [-0.25, -0.2) is 4.98 Å². The van der Waals surface area contributed by atoms with Crippen LogP contribution in [-0.4, -0.2) is 57.3 Å². The molecule has 1 aliphatic heterocycles. The van der Waals surface area contributed by atoms with Crippen molar-refractivity contribution in [3.63, 3.8) is 0 Å². The zero-order valence-electron chi connectivity index (χ0n) is 18.4. The fourth-order valence-corrected chi connectivity index (χ4v) is 4.15. The minimum Gasteiger partial charge on any atom is -0.339 e. The molecule has 166 valence electrons. The highest BCUT2D eigenvalue weighted by molar-refractivity contribution is 5.81. The molecular formula is C25H28N4O3. The molecule has 1 saturated heterocycles. The van der Waals surface area contributed by atoms with Gasteiger partial charge in [-0.2, -0.15) is 0 Å². The Kier molecular flexibility index (Phi) is 6.63. The topological polar surface area (TPSA) is 75.5 Å². The van der Waals surface area contributed by atoms with Crippen molar-refractivity contribution in [1.82, 2.24) is 19.4 Å². The van der Waals surface area contributed by atoms with E-state index in [0.29, 0.717) is 43.5 Å². The number of hydrogen-bond acceptors (Lipinski definition) is 4. The molecule has 1 fully saturated rings. The van der Waals surface area contributed by atoms with Crippen molar-refractivity contribution < 1.29 is 9.59 Å². The van der Waals surface area contributed by atoms with Crippen molar-refractivity contribution >= 4 is 22.7 Å². The number of amides is 2. The van der Waals surface area contributed by atoms with Crippen molar-refractivity contribution in [3.05, 3.63) is 76.3 Å². The van der Waals surface area contributed by atoms with Gasteiger partial charge in [0.25, 0.3) is 5.56 Å². The van der Waals surface area contributed by atoms with Crippen molar-refractivity contribution in [2.45, 2.75) is 32.7 Å². The summed E-state index contributed by atoms with van der Waals surface area (Å²) in [6.07, 6.45) is 3.67. The molecule has 0 atom stereocenters. The highest BCUT2D eigenvalue weighted by Gasteiger charge is 2.24. The Morgan fingerprint density at radius 2 is 1.59 bits per heavy atom. The molecule has 32 heavy (non-hydrogen) atoms. The highest BCUT2D eigenvalue weighted by Crippen LogP contribution is 2.12. The lowest BCUT2D eigenvalue weighted by molar-refractivity contribution is -0.140. The van der Waals surface area contributed by atoms with Crippen LogP contribution < -0.4 is 5.56 Å². The first kappa shape index (κ1) is 21.7. The first-order chi connectivity index (χ1) is 15.5. The van der Waals surface area contributed by atoms with Crippen LogP contribution in [0.2, 0.25) is 0 Å². The molecule has 1 aromatic heterocycles. The maximum Gasteiger partial charge on any atom is 0.261 e. The van der Waals surface area contributed by atoms with Gasteiger partial charge < -0.3 is 9.80 Å². The minimum atomic E-state index is -0.209. The molecule has 0 bridgehead atoms. The average molecular weight is 433 g/mol. The van der Waals surface area contributed by atoms with Gasteiger partial charge in [0.2, 0.25) is 11.8 Å². The van der Waals surface area contributed by atoms with Crippen molar-refractivity contribution in [2.75, 3.05) is 26.2 Å². The van der Waals surface area contributed by atoms with Gasteiger partial charge in [0, 0.05) is 32.6 Å². The minimum absolute atomic E-state index is 0.0409. The Hall–Kier alpha value is -3.48. The van der Waals surface area contributed by atoms with E-state index in [4.69, 9.17) is 0 Å². The molecule has 0 N–H and O–H groups in total. The van der Waals surface area contributed by atoms with Crippen LogP contribution in [0, 0.1) is 6.92 Å². The third kappa shape index (κ3) is 4.88. The molecule has 0 aliphatic carbocycles. The van der Waals surface area contributed by atoms with E-state index in [0.717, 1.165) is 18.4 Å². The van der Waals surface area contributed by atoms with Gasteiger partial charge >= 0.3 is 0 Å². The zero-order chi connectivity index (χ0) is 22.5. The quantitative estimate of drug-likeness (QED) is 0.600. The van der Waals surface area contributed by atoms with E-state index in [2.05, 4.69) is 17.1 Å². The number of aryl methyl sites for hydroxylation is 2. The second-order valence-corrected chi connectivity index (χ2v) is 8.25. The maximum atomic E-state index is 12.8. The lowest BCUT2D eigenvalue weighted by Crippen LogP contribution is -2.51. The summed E-state index contributed by atoms with van der Waals surface area (Å²) in [5.74, 6) is 0.00966. The van der Waals surface area contributed by atoms with E-state index in [1.54, 1.807) is 11.0 Å². The van der Waals surface area contributed by atoms with Crippen LogP contribution in [0.15, 0.2) is 59.7 Å². The molecule has 2 amide bonds. The van der Waals surface area contributed by atoms with E-state index in [1.165, 1.54) is 16.5 Å². The normalized spacial score (nSPS) is 14.0. The van der Waals surface area contributed by atoms with Crippen LogP contribution in [0.3, 0.4) is 0 Å². The summed E-state index contributed by atoms with van der Waals surface area (Å²) in [5, 5.41) is 0.520. The van der Waals surface area contributed by atoms with Crippen LogP contribution in [-0.2, 0) is 22.6 Å². The maximum absolute atomic E-state index is 12.8.